The Kier molecular flexibility index (Phi) is 4.88. The minimum absolute atomic E-state index is 0.386. The summed E-state index contributed by atoms with van der Waals surface area (Å²) in [5.41, 5.74) is 0.773. The van der Waals surface area contributed by atoms with Crippen molar-refractivity contribution in [3.05, 3.63) is 29.8 Å². The minimum Gasteiger partial charge on any atom is -0.389 e. The molecule has 0 spiro atoms. The van der Waals surface area contributed by atoms with Crippen LogP contribution in [0.25, 0.3) is 0 Å². The highest BCUT2D eigenvalue weighted by Crippen LogP contribution is 2.16. The molecule has 0 amide bonds. The number of aliphatic hydroxyl groups excluding tert-OH is 2. The Hall–Kier alpha value is -0.683. The molecule has 0 saturated carbocycles. The molecule has 96 valence electrons. The predicted octanol–water partition coefficient (Wildman–Crippen LogP) is 0.845. The van der Waals surface area contributed by atoms with E-state index in [4.69, 9.17) is 0 Å². The van der Waals surface area contributed by atoms with Crippen LogP contribution in [0.2, 0.25) is 19.6 Å². The Morgan fingerprint density at radius 1 is 1.12 bits per heavy atom. The standard InChI is InChI=1S/C13H23NO2Si/c1-14-9-12(15)13(16)10-5-7-11(8-6-10)17(2,3)4/h5-8,12-16H,9H2,1-4H3. The summed E-state index contributed by atoms with van der Waals surface area (Å²) in [4.78, 5) is 0. The van der Waals surface area contributed by atoms with Crippen molar-refractivity contribution in [3.8, 4) is 0 Å². The lowest BCUT2D eigenvalue weighted by Gasteiger charge is -2.20. The van der Waals surface area contributed by atoms with Gasteiger partial charge in [0, 0.05) is 6.54 Å². The van der Waals surface area contributed by atoms with Crippen LogP contribution in [0.4, 0.5) is 0 Å². The maximum atomic E-state index is 9.94. The summed E-state index contributed by atoms with van der Waals surface area (Å²) in [6.45, 7) is 7.24. The summed E-state index contributed by atoms with van der Waals surface area (Å²) in [7, 11) is 0.464. The molecular formula is C13H23NO2Si. The van der Waals surface area contributed by atoms with Gasteiger partial charge in [0.1, 0.15) is 6.10 Å². The number of aliphatic hydroxyl groups is 2. The highest BCUT2D eigenvalue weighted by atomic mass is 28.3. The van der Waals surface area contributed by atoms with Crippen molar-refractivity contribution in [1.29, 1.82) is 0 Å². The van der Waals surface area contributed by atoms with Crippen LogP contribution < -0.4 is 10.5 Å². The van der Waals surface area contributed by atoms with Gasteiger partial charge in [-0.05, 0) is 12.6 Å². The fraction of sp³-hybridized carbons (Fsp3) is 0.538. The molecule has 0 aromatic heterocycles. The van der Waals surface area contributed by atoms with Crippen molar-refractivity contribution in [2.75, 3.05) is 13.6 Å². The van der Waals surface area contributed by atoms with Crippen LogP contribution in [0.3, 0.4) is 0 Å². The molecule has 0 saturated heterocycles. The predicted molar refractivity (Wildman–Crippen MR) is 74.3 cm³/mol. The monoisotopic (exact) mass is 253 g/mol. The van der Waals surface area contributed by atoms with E-state index in [1.807, 2.05) is 12.1 Å². The number of hydrogen-bond donors (Lipinski definition) is 3. The Bertz CT molecular complexity index is 345. The molecule has 17 heavy (non-hydrogen) atoms. The summed E-state index contributed by atoms with van der Waals surface area (Å²) in [5, 5.41) is 23.8. The first kappa shape index (κ1) is 14.4. The second-order valence-corrected chi connectivity index (χ2v) is 10.5. The van der Waals surface area contributed by atoms with Crippen molar-refractivity contribution in [2.45, 2.75) is 31.8 Å². The second kappa shape index (κ2) is 5.77. The van der Waals surface area contributed by atoms with E-state index in [1.165, 1.54) is 5.19 Å². The second-order valence-electron chi connectivity index (χ2n) is 5.44. The molecule has 1 aromatic carbocycles. The lowest BCUT2D eigenvalue weighted by molar-refractivity contribution is 0.0202. The summed E-state index contributed by atoms with van der Waals surface area (Å²) in [6.07, 6.45) is -1.59. The van der Waals surface area contributed by atoms with Gasteiger partial charge in [-0.25, -0.2) is 0 Å². The van der Waals surface area contributed by atoms with Gasteiger partial charge in [0.15, 0.2) is 0 Å². The highest BCUT2D eigenvalue weighted by Gasteiger charge is 2.19. The molecule has 0 aliphatic rings. The number of benzene rings is 1. The van der Waals surface area contributed by atoms with Crippen LogP contribution in [0.15, 0.2) is 24.3 Å². The Morgan fingerprint density at radius 3 is 2.06 bits per heavy atom. The average Bonchev–Trinajstić information content (AvgIpc) is 2.27. The maximum absolute atomic E-state index is 9.94. The summed E-state index contributed by atoms with van der Waals surface area (Å²) in [5.74, 6) is 0. The first-order valence-electron chi connectivity index (χ1n) is 5.97. The highest BCUT2D eigenvalue weighted by molar-refractivity contribution is 6.88. The normalized spacial score (nSPS) is 15.6. The minimum atomic E-state index is -1.29. The molecule has 1 rings (SSSR count). The zero-order chi connectivity index (χ0) is 13.1. The molecule has 0 heterocycles. The fourth-order valence-corrected chi connectivity index (χ4v) is 2.89. The van der Waals surface area contributed by atoms with E-state index >= 15 is 0 Å². The molecule has 0 bridgehead atoms. The largest absolute Gasteiger partial charge is 0.389 e. The SMILES string of the molecule is CNCC(O)C(O)c1ccc([Si](C)(C)C)cc1. The molecular weight excluding hydrogens is 230 g/mol. The first-order valence-corrected chi connectivity index (χ1v) is 9.47. The smallest absolute Gasteiger partial charge is 0.106 e. The van der Waals surface area contributed by atoms with Crippen molar-refractivity contribution in [2.24, 2.45) is 0 Å². The van der Waals surface area contributed by atoms with Gasteiger partial charge in [-0.1, -0.05) is 49.1 Å². The van der Waals surface area contributed by atoms with Gasteiger partial charge >= 0.3 is 0 Å². The molecule has 0 aliphatic heterocycles. The zero-order valence-corrected chi connectivity index (χ0v) is 12.1. The number of nitrogens with one attached hydrogen (secondary N) is 1. The molecule has 2 atom stereocenters. The fourth-order valence-electron chi connectivity index (χ4n) is 1.72. The third-order valence-corrected chi connectivity index (χ3v) is 4.96. The Morgan fingerprint density at radius 2 is 1.65 bits per heavy atom. The molecule has 4 heteroatoms. The Balaban J connectivity index is 2.80. The molecule has 3 N–H and O–H groups in total. The Labute approximate surface area is 105 Å². The van der Waals surface area contributed by atoms with Crippen LogP contribution in [0.5, 0.6) is 0 Å². The number of rotatable bonds is 5. The van der Waals surface area contributed by atoms with E-state index in [9.17, 15) is 10.2 Å². The van der Waals surface area contributed by atoms with Crippen molar-refractivity contribution in [3.63, 3.8) is 0 Å². The topological polar surface area (TPSA) is 52.5 Å². The average molecular weight is 253 g/mol. The van der Waals surface area contributed by atoms with Crippen LogP contribution in [-0.4, -0.2) is 38.0 Å². The number of hydrogen-bond acceptors (Lipinski definition) is 3. The first-order chi connectivity index (χ1) is 7.86. The lowest BCUT2D eigenvalue weighted by atomic mass is 10.0. The lowest BCUT2D eigenvalue weighted by Crippen LogP contribution is -2.37. The van der Waals surface area contributed by atoms with Gasteiger partial charge in [-0.3, -0.25) is 0 Å². The molecule has 3 nitrogen and oxygen atoms in total. The van der Waals surface area contributed by atoms with E-state index < -0.39 is 20.3 Å². The van der Waals surface area contributed by atoms with Gasteiger partial charge in [-0.2, -0.15) is 0 Å². The summed E-state index contributed by atoms with van der Waals surface area (Å²) in [6, 6.07) is 7.96. The quantitative estimate of drug-likeness (QED) is 0.682. The third-order valence-electron chi connectivity index (χ3n) is 2.90. The molecule has 0 aliphatic carbocycles. The van der Waals surface area contributed by atoms with E-state index in [-0.39, 0.29) is 0 Å². The van der Waals surface area contributed by atoms with Crippen molar-refractivity contribution < 1.29 is 10.2 Å². The van der Waals surface area contributed by atoms with Crippen LogP contribution in [0.1, 0.15) is 11.7 Å². The van der Waals surface area contributed by atoms with Crippen molar-refractivity contribution in [1.82, 2.24) is 5.32 Å². The van der Waals surface area contributed by atoms with E-state index in [1.54, 1.807) is 7.05 Å². The molecule has 0 fully saturated rings. The van der Waals surface area contributed by atoms with Gasteiger partial charge < -0.3 is 15.5 Å². The molecule has 2 unspecified atom stereocenters. The van der Waals surface area contributed by atoms with E-state index in [0.29, 0.717) is 6.54 Å². The van der Waals surface area contributed by atoms with Crippen LogP contribution in [0, 0.1) is 0 Å². The molecule has 0 radical (unpaired) electrons. The van der Waals surface area contributed by atoms with Gasteiger partial charge in [0.2, 0.25) is 0 Å². The third kappa shape index (κ3) is 3.92. The molecule has 1 aromatic rings. The van der Waals surface area contributed by atoms with Crippen LogP contribution >= 0.6 is 0 Å². The number of likely N-dealkylation sites (N-methyl/N-ethyl adjacent to an activating group) is 1. The summed E-state index contributed by atoms with van der Waals surface area (Å²) < 4.78 is 0. The van der Waals surface area contributed by atoms with Crippen molar-refractivity contribution >= 4 is 13.3 Å². The van der Waals surface area contributed by atoms with Gasteiger partial charge in [-0.15, -0.1) is 0 Å². The maximum Gasteiger partial charge on any atom is 0.106 e. The van der Waals surface area contributed by atoms with E-state index in [2.05, 4.69) is 37.1 Å². The van der Waals surface area contributed by atoms with Crippen LogP contribution in [-0.2, 0) is 0 Å². The summed E-state index contributed by atoms with van der Waals surface area (Å²) >= 11 is 0. The zero-order valence-electron chi connectivity index (χ0n) is 11.1. The van der Waals surface area contributed by atoms with Gasteiger partial charge in [0.25, 0.3) is 0 Å². The van der Waals surface area contributed by atoms with E-state index in [0.717, 1.165) is 5.56 Å². The van der Waals surface area contributed by atoms with Gasteiger partial charge in [0.05, 0.1) is 14.2 Å².